The van der Waals surface area contributed by atoms with Gasteiger partial charge < -0.3 is 4.42 Å². The Morgan fingerprint density at radius 3 is 2.53 bits per heavy atom. The number of benzene rings is 2. The van der Waals surface area contributed by atoms with Crippen molar-refractivity contribution in [2.75, 3.05) is 4.90 Å². The summed E-state index contributed by atoms with van der Waals surface area (Å²) in [5, 5.41) is 1.65. The number of rotatable bonds is 2. The Bertz CT molecular complexity index is 1390. The summed E-state index contributed by atoms with van der Waals surface area (Å²) in [6, 6.07) is 11.3. The second-order valence-corrected chi connectivity index (χ2v) is 9.06. The molecule has 0 fully saturated rings. The van der Waals surface area contributed by atoms with Crippen LogP contribution >= 0.6 is 34.5 Å². The Labute approximate surface area is 185 Å². The van der Waals surface area contributed by atoms with Crippen LogP contribution in [0.4, 0.5) is 5.13 Å². The lowest BCUT2D eigenvalue weighted by Gasteiger charge is -2.22. The van der Waals surface area contributed by atoms with Crippen LogP contribution in [0, 0.1) is 13.8 Å². The van der Waals surface area contributed by atoms with Crippen molar-refractivity contribution in [1.82, 2.24) is 4.98 Å². The third kappa shape index (κ3) is 2.79. The minimum atomic E-state index is -0.715. The summed E-state index contributed by atoms with van der Waals surface area (Å²) in [7, 11) is 0. The predicted molar refractivity (Wildman–Crippen MR) is 119 cm³/mol. The minimum absolute atomic E-state index is 0.0280. The highest BCUT2D eigenvalue weighted by molar-refractivity contribution is 7.15. The van der Waals surface area contributed by atoms with Gasteiger partial charge in [0.2, 0.25) is 5.76 Å². The number of halogens is 2. The molecular weight excluding hydrogens is 443 g/mol. The third-order valence-electron chi connectivity index (χ3n) is 5.26. The number of carbonyl (C=O) groups is 1. The zero-order valence-corrected chi connectivity index (χ0v) is 18.2. The molecule has 1 aliphatic rings. The Kier molecular flexibility index (Phi) is 4.47. The monoisotopic (exact) mass is 456 g/mol. The molecule has 150 valence electrons. The van der Waals surface area contributed by atoms with Crippen molar-refractivity contribution in [2.24, 2.45) is 0 Å². The van der Waals surface area contributed by atoms with Crippen molar-refractivity contribution in [2.45, 2.75) is 19.9 Å². The molecule has 3 heterocycles. The first-order valence-corrected chi connectivity index (χ1v) is 10.7. The van der Waals surface area contributed by atoms with E-state index >= 15 is 0 Å². The molecule has 2 aromatic carbocycles. The molecule has 0 N–H and O–H groups in total. The number of aromatic nitrogens is 1. The van der Waals surface area contributed by atoms with Crippen LogP contribution in [0.5, 0.6) is 0 Å². The maximum Gasteiger partial charge on any atom is 0.297 e. The van der Waals surface area contributed by atoms with Crippen molar-refractivity contribution in [3.8, 4) is 0 Å². The van der Waals surface area contributed by atoms with Gasteiger partial charge >= 0.3 is 0 Å². The van der Waals surface area contributed by atoms with Crippen molar-refractivity contribution < 1.29 is 9.21 Å². The van der Waals surface area contributed by atoms with Crippen LogP contribution < -0.4 is 10.3 Å². The lowest BCUT2D eigenvalue weighted by Crippen LogP contribution is -2.29. The molecule has 0 saturated heterocycles. The SMILES string of the molecule is Cc1nc(N2C(=O)c3oc4ccccc4c(=O)c3[C@@H]2c2ccc(Cl)c(Cl)c2)sc1C. The molecule has 1 aliphatic heterocycles. The number of anilines is 1. The number of amides is 1. The van der Waals surface area contributed by atoms with E-state index in [9.17, 15) is 9.59 Å². The molecule has 2 aromatic heterocycles. The van der Waals surface area contributed by atoms with Gasteiger partial charge in [-0.05, 0) is 43.7 Å². The van der Waals surface area contributed by atoms with Gasteiger partial charge in [0.05, 0.1) is 32.7 Å². The van der Waals surface area contributed by atoms with Crippen LogP contribution in [0.15, 0.2) is 51.7 Å². The molecule has 1 amide bonds. The average molecular weight is 457 g/mol. The van der Waals surface area contributed by atoms with Crippen LogP contribution in [-0.2, 0) is 0 Å². The molecule has 5 nitrogen and oxygen atoms in total. The van der Waals surface area contributed by atoms with Crippen molar-refractivity contribution in [1.29, 1.82) is 0 Å². The summed E-state index contributed by atoms with van der Waals surface area (Å²) >= 11 is 13.8. The van der Waals surface area contributed by atoms with Gasteiger partial charge in [0.1, 0.15) is 5.58 Å². The van der Waals surface area contributed by atoms with Crippen LogP contribution in [0.25, 0.3) is 11.0 Å². The molecule has 0 bridgehead atoms. The second kappa shape index (κ2) is 6.94. The number of fused-ring (bicyclic) bond motifs is 2. The fourth-order valence-electron chi connectivity index (χ4n) is 3.67. The van der Waals surface area contributed by atoms with Gasteiger partial charge in [0.15, 0.2) is 10.6 Å². The van der Waals surface area contributed by atoms with E-state index < -0.39 is 11.9 Å². The van der Waals surface area contributed by atoms with E-state index in [1.54, 1.807) is 42.5 Å². The van der Waals surface area contributed by atoms with Crippen LogP contribution in [0.3, 0.4) is 0 Å². The maximum atomic E-state index is 13.5. The van der Waals surface area contributed by atoms with Crippen LogP contribution in [0.2, 0.25) is 10.0 Å². The van der Waals surface area contributed by atoms with Crippen LogP contribution in [-0.4, -0.2) is 10.9 Å². The van der Waals surface area contributed by atoms with E-state index in [1.165, 1.54) is 16.2 Å². The highest BCUT2D eigenvalue weighted by Crippen LogP contribution is 2.43. The number of para-hydroxylation sites is 1. The Morgan fingerprint density at radius 2 is 1.83 bits per heavy atom. The van der Waals surface area contributed by atoms with Gasteiger partial charge in [-0.2, -0.15) is 0 Å². The van der Waals surface area contributed by atoms with Crippen molar-refractivity contribution in [3.05, 3.63) is 90.2 Å². The molecule has 1 atom stereocenters. The topological polar surface area (TPSA) is 63.4 Å². The number of hydrogen-bond acceptors (Lipinski definition) is 5. The molecule has 0 aliphatic carbocycles. The highest BCUT2D eigenvalue weighted by atomic mass is 35.5. The number of hydrogen-bond donors (Lipinski definition) is 0. The molecule has 30 heavy (non-hydrogen) atoms. The van der Waals surface area contributed by atoms with Gasteiger partial charge in [-0.3, -0.25) is 14.5 Å². The third-order valence-corrected chi connectivity index (χ3v) is 7.07. The fourth-order valence-corrected chi connectivity index (χ4v) is 4.92. The Hall–Kier alpha value is -2.67. The molecule has 5 rings (SSSR count). The summed E-state index contributed by atoms with van der Waals surface area (Å²) < 4.78 is 5.92. The predicted octanol–water partition coefficient (Wildman–Crippen LogP) is 5.92. The molecule has 0 radical (unpaired) electrons. The number of nitrogens with zero attached hydrogens (tertiary/aromatic N) is 2. The lowest BCUT2D eigenvalue weighted by molar-refractivity contribution is 0.0971. The average Bonchev–Trinajstić information content (AvgIpc) is 3.21. The van der Waals surface area contributed by atoms with Gasteiger partial charge in [-0.25, -0.2) is 4.98 Å². The van der Waals surface area contributed by atoms with Gasteiger partial charge in [-0.15, -0.1) is 11.3 Å². The largest absolute Gasteiger partial charge is 0.450 e. The molecule has 0 unspecified atom stereocenters. The molecule has 0 saturated carbocycles. The van der Waals surface area contributed by atoms with Crippen molar-refractivity contribution >= 4 is 56.5 Å². The summed E-state index contributed by atoms with van der Waals surface area (Å²) in [5.74, 6) is -0.377. The normalized spacial score (nSPS) is 15.8. The molecule has 4 aromatic rings. The van der Waals surface area contributed by atoms with Gasteiger partial charge in [-0.1, -0.05) is 41.4 Å². The zero-order valence-electron chi connectivity index (χ0n) is 15.9. The van der Waals surface area contributed by atoms with Gasteiger partial charge in [0.25, 0.3) is 5.91 Å². The van der Waals surface area contributed by atoms with E-state index in [-0.39, 0.29) is 16.8 Å². The van der Waals surface area contributed by atoms with E-state index in [1.807, 2.05) is 13.8 Å². The minimum Gasteiger partial charge on any atom is -0.450 e. The number of thiazole rings is 1. The molecular formula is C22H14Cl2N2O3S. The summed E-state index contributed by atoms with van der Waals surface area (Å²) in [6.07, 6.45) is 0. The number of carbonyl (C=O) groups excluding carboxylic acids is 1. The zero-order chi connectivity index (χ0) is 21.2. The Morgan fingerprint density at radius 1 is 1.07 bits per heavy atom. The second-order valence-electron chi connectivity index (χ2n) is 7.06. The first-order chi connectivity index (χ1) is 14.4. The number of aryl methyl sites for hydroxylation is 2. The highest BCUT2D eigenvalue weighted by Gasteiger charge is 2.45. The molecule has 8 heteroatoms. The Balaban J connectivity index is 1.83. The first kappa shape index (κ1) is 19.3. The fraction of sp³-hybridized carbons (Fsp3) is 0.136. The van der Waals surface area contributed by atoms with Gasteiger partial charge in [0, 0.05) is 4.88 Å². The molecule has 0 spiro atoms. The van der Waals surface area contributed by atoms with E-state index in [2.05, 4.69) is 4.98 Å². The van der Waals surface area contributed by atoms with Crippen LogP contribution in [0.1, 0.15) is 38.3 Å². The summed E-state index contributed by atoms with van der Waals surface area (Å²) in [5.41, 5.74) is 1.89. The smallest absolute Gasteiger partial charge is 0.297 e. The quantitative estimate of drug-likeness (QED) is 0.375. The van der Waals surface area contributed by atoms with Crippen molar-refractivity contribution in [3.63, 3.8) is 0 Å². The maximum absolute atomic E-state index is 13.5. The first-order valence-electron chi connectivity index (χ1n) is 9.15. The van der Waals surface area contributed by atoms with E-state index in [0.29, 0.717) is 31.7 Å². The van der Waals surface area contributed by atoms with E-state index in [0.717, 1.165) is 10.6 Å². The standard InChI is InChI=1S/C22H14Cl2N2O3S/c1-10-11(2)30-22(25-10)26-18(12-7-8-14(23)15(24)9-12)17-19(27)13-5-3-4-6-16(13)29-20(17)21(26)28/h3-9,18H,1-2H3/t18-/m0/s1. The lowest BCUT2D eigenvalue weighted by atomic mass is 9.99. The summed E-state index contributed by atoms with van der Waals surface area (Å²) in [4.78, 5) is 34.0. The summed E-state index contributed by atoms with van der Waals surface area (Å²) in [6.45, 7) is 3.82. The van der Waals surface area contributed by atoms with E-state index in [4.69, 9.17) is 27.6 Å².